The minimum Gasteiger partial charge on any atom is -0.267 e. The third kappa shape index (κ3) is 3.69. The predicted molar refractivity (Wildman–Crippen MR) is 113 cm³/mol. The van der Waals surface area contributed by atoms with Crippen LogP contribution in [-0.2, 0) is 6.42 Å². The molecule has 0 radical (unpaired) electrons. The standard InChI is InChI=1S/C19H10Cl3N3O2S/c20-12-4-1-10(2-5-12)7-15-17(26)25-18(27)16(28-19(25)24-23-15)8-11-3-6-13(21)9-14(11)22/h1-6,8-9H,7H2/b16-8-. The Hall–Kier alpha value is -2.25. The van der Waals surface area contributed by atoms with Gasteiger partial charge in [0.2, 0.25) is 4.96 Å². The van der Waals surface area contributed by atoms with Crippen molar-refractivity contribution < 1.29 is 0 Å². The second-order valence-electron chi connectivity index (χ2n) is 5.95. The molecular formula is C19H10Cl3N3O2S. The Kier molecular flexibility index (Phi) is 5.21. The molecular weight excluding hydrogens is 441 g/mol. The van der Waals surface area contributed by atoms with Gasteiger partial charge in [0.1, 0.15) is 5.69 Å². The number of benzene rings is 2. The molecule has 0 fully saturated rings. The minimum absolute atomic E-state index is 0.186. The average molecular weight is 451 g/mol. The van der Waals surface area contributed by atoms with Crippen molar-refractivity contribution in [3.63, 3.8) is 0 Å². The van der Waals surface area contributed by atoms with Crippen molar-refractivity contribution in [2.75, 3.05) is 0 Å². The van der Waals surface area contributed by atoms with E-state index in [1.54, 1.807) is 48.5 Å². The summed E-state index contributed by atoms with van der Waals surface area (Å²) in [5, 5.41) is 9.56. The summed E-state index contributed by atoms with van der Waals surface area (Å²) in [5.41, 5.74) is 0.715. The van der Waals surface area contributed by atoms with E-state index in [2.05, 4.69) is 10.2 Å². The van der Waals surface area contributed by atoms with Crippen LogP contribution in [0.2, 0.25) is 15.1 Å². The van der Waals surface area contributed by atoms with Crippen molar-refractivity contribution in [2.45, 2.75) is 6.42 Å². The molecule has 28 heavy (non-hydrogen) atoms. The molecule has 2 aromatic heterocycles. The highest BCUT2D eigenvalue weighted by Gasteiger charge is 2.13. The van der Waals surface area contributed by atoms with Gasteiger partial charge in [0.25, 0.3) is 11.1 Å². The highest BCUT2D eigenvalue weighted by Crippen LogP contribution is 2.21. The summed E-state index contributed by atoms with van der Waals surface area (Å²) in [4.78, 5) is 25.8. The number of halogens is 3. The third-order valence-electron chi connectivity index (χ3n) is 4.05. The maximum Gasteiger partial charge on any atom is 0.283 e. The first-order valence-corrected chi connectivity index (χ1v) is 10.00. The highest BCUT2D eigenvalue weighted by atomic mass is 35.5. The normalized spacial score (nSPS) is 12.0. The van der Waals surface area contributed by atoms with E-state index >= 15 is 0 Å². The van der Waals surface area contributed by atoms with Crippen molar-refractivity contribution in [3.05, 3.63) is 99.6 Å². The molecule has 0 amide bonds. The Morgan fingerprint density at radius 3 is 2.36 bits per heavy atom. The van der Waals surface area contributed by atoms with E-state index < -0.39 is 11.1 Å². The number of nitrogens with zero attached hydrogens (tertiary/aromatic N) is 3. The smallest absolute Gasteiger partial charge is 0.267 e. The van der Waals surface area contributed by atoms with Crippen molar-refractivity contribution in [3.8, 4) is 0 Å². The van der Waals surface area contributed by atoms with Gasteiger partial charge in [-0.15, -0.1) is 10.2 Å². The van der Waals surface area contributed by atoms with E-state index in [1.165, 1.54) is 0 Å². The van der Waals surface area contributed by atoms with E-state index in [0.717, 1.165) is 21.3 Å². The lowest BCUT2D eigenvalue weighted by atomic mass is 10.1. The molecule has 4 aromatic rings. The van der Waals surface area contributed by atoms with Crippen LogP contribution >= 0.6 is 46.1 Å². The number of thiazole rings is 1. The Balaban J connectivity index is 1.82. The van der Waals surface area contributed by atoms with E-state index in [9.17, 15) is 9.59 Å². The quantitative estimate of drug-likeness (QED) is 0.478. The number of aromatic nitrogens is 3. The largest absolute Gasteiger partial charge is 0.283 e. The lowest BCUT2D eigenvalue weighted by Gasteiger charge is -2.00. The van der Waals surface area contributed by atoms with E-state index in [4.69, 9.17) is 34.8 Å². The summed E-state index contributed by atoms with van der Waals surface area (Å²) in [7, 11) is 0. The summed E-state index contributed by atoms with van der Waals surface area (Å²) in [6.45, 7) is 0. The molecule has 0 spiro atoms. The Bertz CT molecular complexity index is 1360. The van der Waals surface area contributed by atoms with Crippen LogP contribution in [-0.4, -0.2) is 14.6 Å². The van der Waals surface area contributed by atoms with E-state index in [-0.39, 0.29) is 17.1 Å². The van der Waals surface area contributed by atoms with Gasteiger partial charge in [-0.25, -0.2) is 4.40 Å². The number of hydrogen-bond donors (Lipinski definition) is 0. The molecule has 4 rings (SSSR count). The second-order valence-corrected chi connectivity index (χ2v) is 8.24. The van der Waals surface area contributed by atoms with E-state index in [1.807, 2.05) is 0 Å². The van der Waals surface area contributed by atoms with Gasteiger partial charge in [-0.2, -0.15) is 0 Å². The molecule has 2 aromatic carbocycles. The van der Waals surface area contributed by atoms with Gasteiger partial charge in [-0.1, -0.05) is 64.3 Å². The summed E-state index contributed by atoms with van der Waals surface area (Å²) in [5.74, 6) is 0. The molecule has 0 saturated heterocycles. The zero-order valence-corrected chi connectivity index (χ0v) is 17.1. The number of hydrogen-bond acceptors (Lipinski definition) is 5. The highest BCUT2D eigenvalue weighted by molar-refractivity contribution is 7.15. The van der Waals surface area contributed by atoms with Gasteiger partial charge in [-0.3, -0.25) is 9.59 Å². The van der Waals surface area contributed by atoms with Crippen molar-refractivity contribution in [1.82, 2.24) is 14.6 Å². The van der Waals surface area contributed by atoms with Crippen LogP contribution in [0.4, 0.5) is 0 Å². The molecule has 0 saturated carbocycles. The van der Waals surface area contributed by atoms with Gasteiger partial charge < -0.3 is 0 Å². The fraction of sp³-hybridized carbons (Fsp3) is 0.0526. The van der Waals surface area contributed by atoms with Crippen LogP contribution < -0.4 is 15.7 Å². The van der Waals surface area contributed by atoms with Gasteiger partial charge in [0, 0.05) is 21.5 Å². The molecule has 9 heteroatoms. The summed E-state index contributed by atoms with van der Waals surface area (Å²) in [6.07, 6.45) is 1.86. The SMILES string of the molecule is O=c1c(Cc2ccc(Cl)cc2)nnc2s/c(=C\c3ccc(Cl)cc3Cl)c(=O)n12. The number of rotatable bonds is 3. The summed E-state index contributed by atoms with van der Waals surface area (Å²) >= 11 is 19.0. The van der Waals surface area contributed by atoms with Gasteiger partial charge in [0.05, 0.1) is 4.53 Å². The zero-order valence-electron chi connectivity index (χ0n) is 14.0. The molecule has 5 nitrogen and oxygen atoms in total. The molecule has 2 heterocycles. The van der Waals surface area contributed by atoms with Gasteiger partial charge in [0.15, 0.2) is 0 Å². The average Bonchev–Trinajstić information content (AvgIpc) is 2.98. The summed E-state index contributed by atoms with van der Waals surface area (Å²) in [6, 6.07) is 12.0. The fourth-order valence-corrected chi connectivity index (χ4v) is 4.15. The molecule has 0 atom stereocenters. The van der Waals surface area contributed by atoms with Gasteiger partial charge in [-0.05, 0) is 41.5 Å². The van der Waals surface area contributed by atoms with Gasteiger partial charge >= 0.3 is 0 Å². The van der Waals surface area contributed by atoms with Crippen molar-refractivity contribution in [2.24, 2.45) is 0 Å². The molecule has 0 aliphatic rings. The van der Waals surface area contributed by atoms with E-state index in [0.29, 0.717) is 25.2 Å². The molecule has 0 aliphatic carbocycles. The van der Waals surface area contributed by atoms with Crippen molar-refractivity contribution >= 4 is 57.2 Å². The fourth-order valence-electron chi connectivity index (χ4n) is 2.66. The Labute approximate surface area is 177 Å². The number of fused-ring (bicyclic) bond motifs is 1. The topological polar surface area (TPSA) is 64.3 Å². The molecule has 0 bridgehead atoms. The molecule has 0 aliphatic heterocycles. The Morgan fingerprint density at radius 2 is 1.64 bits per heavy atom. The molecule has 0 N–H and O–H groups in total. The van der Waals surface area contributed by atoms with Crippen molar-refractivity contribution in [1.29, 1.82) is 0 Å². The first-order chi connectivity index (χ1) is 13.4. The monoisotopic (exact) mass is 449 g/mol. The van der Waals surface area contributed by atoms with Crippen LogP contribution in [0.25, 0.3) is 11.0 Å². The maximum absolute atomic E-state index is 12.8. The lowest BCUT2D eigenvalue weighted by molar-refractivity contribution is 0.859. The minimum atomic E-state index is -0.483. The third-order valence-corrected chi connectivity index (χ3v) is 5.82. The van der Waals surface area contributed by atoms with Crippen LogP contribution in [0.1, 0.15) is 16.8 Å². The summed E-state index contributed by atoms with van der Waals surface area (Å²) < 4.78 is 1.37. The first-order valence-electron chi connectivity index (χ1n) is 8.05. The lowest BCUT2D eigenvalue weighted by Crippen LogP contribution is -2.33. The predicted octanol–water partition coefficient (Wildman–Crippen LogP) is 3.61. The van der Waals surface area contributed by atoms with Crippen LogP contribution in [0, 0.1) is 0 Å². The molecule has 0 unspecified atom stereocenters. The van der Waals surface area contributed by atoms with Crippen LogP contribution in [0.15, 0.2) is 52.1 Å². The van der Waals surface area contributed by atoms with Crippen LogP contribution in [0.5, 0.6) is 0 Å². The Morgan fingerprint density at radius 1 is 0.929 bits per heavy atom. The zero-order chi connectivity index (χ0) is 19.8. The second kappa shape index (κ2) is 7.64. The first kappa shape index (κ1) is 19.1. The maximum atomic E-state index is 12.8. The molecule has 140 valence electrons. The van der Waals surface area contributed by atoms with Crippen LogP contribution in [0.3, 0.4) is 0 Å².